The Labute approximate surface area is 161 Å². The van der Waals surface area contributed by atoms with Gasteiger partial charge in [-0.2, -0.15) is 0 Å². The van der Waals surface area contributed by atoms with Crippen LogP contribution in [0.2, 0.25) is 0 Å². The second-order valence-corrected chi connectivity index (χ2v) is 8.28. The molecule has 2 rings (SSSR count). The third-order valence-electron chi connectivity index (χ3n) is 4.02. The summed E-state index contributed by atoms with van der Waals surface area (Å²) in [6, 6.07) is 17.0. The van der Waals surface area contributed by atoms with Crippen LogP contribution in [0.15, 0.2) is 59.6 Å². The summed E-state index contributed by atoms with van der Waals surface area (Å²) in [5, 5.41) is 6.35. The Hall–Kier alpha value is -2.54. The van der Waals surface area contributed by atoms with Gasteiger partial charge in [0.1, 0.15) is 5.75 Å². The predicted molar refractivity (Wildman–Crippen MR) is 110 cm³/mol. The molecule has 0 spiro atoms. The minimum Gasteiger partial charge on any atom is -0.496 e. The Morgan fingerprint density at radius 1 is 1.04 bits per heavy atom. The van der Waals surface area contributed by atoms with Gasteiger partial charge in [-0.15, -0.1) is 0 Å². The molecule has 0 radical (unpaired) electrons. The van der Waals surface area contributed by atoms with Crippen LogP contribution < -0.4 is 15.4 Å². The van der Waals surface area contributed by atoms with E-state index in [2.05, 4.69) is 15.6 Å². The molecule has 0 unspecified atom stereocenters. The van der Waals surface area contributed by atoms with Gasteiger partial charge in [0, 0.05) is 25.7 Å². The van der Waals surface area contributed by atoms with Crippen LogP contribution in [-0.2, 0) is 22.1 Å². The number of para-hydroxylation sites is 1. The number of ether oxygens (including phenoxy) is 1. The number of hydrogen-bond acceptors (Lipinski definition) is 4. The highest BCUT2D eigenvalue weighted by Gasteiger charge is 2.11. The van der Waals surface area contributed by atoms with E-state index >= 15 is 0 Å². The molecule has 0 heterocycles. The molecule has 0 aliphatic carbocycles. The van der Waals surface area contributed by atoms with Gasteiger partial charge in [-0.1, -0.05) is 48.5 Å². The largest absolute Gasteiger partial charge is 0.496 e. The third-order valence-corrected chi connectivity index (χ3v) is 5.70. The van der Waals surface area contributed by atoms with Gasteiger partial charge in [0.05, 0.1) is 18.6 Å². The molecule has 6 nitrogen and oxygen atoms in total. The molecule has 0 saturated heterocycles. The second-order valence-electron chi connectivity index (χ2n) is 6.10. The van der Waals surface area contributed by atoms with Gasteiger partial charge < -0.3 is 15.4 Å². The molecule has 0 amide bonds. The van der Waals surface area contributed by atoms with Crippen molar-refractivity contribution >= 4 is 15.8 Å². The molecule has 2 N–H and O–H groups in total. The van der Waals surface area contributed by atoms with Crippen molar-refractivity contribution in [2.24, 2.45) is 4.99 Å². The minimum atomic E-state index is -3.12. The number of nitrogens with one attached hydrogen (secondary N) is 2. The molecule has 0 saturated carbocycles. The lowest BCUT2D eigenvalue weighted by molar-refractivity contribution is 0.409. The molecule has 7 heteroatoms. The van der Waals surface area contributed by atoms with Crippen molar-refractivity contribution in [2.75, 3.05) is 26.5 Å². The molecule has 2 aromatic rings. The number of sulfone groups is 1. The van der Waals surface area contributed by atoms with E-state index in [-0.39, 0.29) is 11.5 Å². The monoisotopic (exact) mass is 389 g/mol. The molecule has 0 aromatic heterocycles. The molecular weight excluding hydrogens is 362 g/mol. The maximum atomic E-state index is 12.2. The predicted octanol–water partition coefficient (Wildman–Crippen LogP) is 2.37. The SMILES string of the molecule is CN=C(NCCCS(=O)(=O)Cc1ccccc1)NCc1ccccc1OC. The van der Waals surface area contributed by atoms with Crippen molar-refractivity contribution < 1.29 is 13.2 Å². The Bertz CT molecular complexity index is 837. The normalized spacial score (nSPS) is 11.9. The van der Waals surface area contributed by atoms with Crippen LogP contribution in [0.5, 0.6) is 5.75 Å². The molecule has 0 bridgehead atoms. The summed E-state index contributed by atoms with van der Waals surface area (Å²) in [7, 11) is 0.205. The van der Waals surface area contributed by atoms with Gasteiger partial charge in [0.2, 0.25) is 0 Å². The van der Waals surface area contributed by atoms with E-state index in [0.717, 1.165) is 16.9 Å². The Kier molecular flexibility index (Phi) is 8.13. The lowest BCUT2D eigenvalue weighted by Gasteiger charge is -2.13. The molecule has 146 valence electrons. The molecule has 2 aromatic carbocycles. The zero-order chi connectivity index (χ0) is 19.5. The molecule has 0 aliphatic heterocycles. The molecule has 0 aliphatic rings. The maximum absolute atomic E-state index is 12.2. The highest BCUT2D eigenvalue weighted by Crippen LogP contribution is 2.16. The summed E-state index contributed by atoms with van der Waals surface area (Å²) >= 11 is 0. The zero-order valence-electron chi connectivity index (χ0n) is 15.8. The summed E-state index contributed by atoms with van der Waals surface area (Å²) in [4.78, 5) is 4.16. The van der Waals surface area contributed by atoms with Crippen molar-refractivity contribution in [3.8, 4) is 5.75 Å². The standard InChI is InChI=1S/C20H27N3O3S/c1-21-20(23-15-18-11-6-7-12-19(18)26-2)22-13-8-14-27(24,25)16-17-9-4-3-5-10-17/h3-7,9-12H,8,13-16H2,1-2H3,(H2,21,22,23). The van der Waals surface area contributed by atoms with Gasteiger partial charge in [-0.3, -0.25) is 4.99 Å². The van der Waals surface area contributed by atoms with E-state index in [9.17, 15) is 8.42 Å². The fourth-order valence-electron chi connectivity index (χ4n) is 2.65. The maximum Gasteiger partial charge on any atom is 0.191 e. The first kappa shape index (κ1) is 20.8. The van der Waals surface area contributed by atoms with Crippen LogP contribution in [0.3, 0.4) is 0 Å². The zero-order valence-corrected chi connectivity index (χ0v) is 16.6. The highest BCUT2D eigenvalue weighted by molar-refractivity contribution is 7.90. The van der Waals surface area contributed by atoms with Crippen molar-refractivity contribution in [2.45, 2.75) is 18.7 Å². The number of rotatable bonds is 9. The van der Waals surface area contributed by atoms with E-state index < -0.39 is 9.84 Å². The summed E-state index contributed by atoms with van der Waals surface area (Å²) in [6.45, 7) is 1.09. The van der Waals surface area contributed by atoms with Gasteiger partial charge >= 0.3 is 0 Å². The summed E-state index contributed by atoms with van der Waals surface area (Å²) in [6.07, 6.45) is 0.518. The Balaban J connectivity index is 1.74. The second kappa shape index (κ2) is 10.6. The number of benzene rings is 2. The van der Waals surface area contributed by atoms with Crippen molar-refractivity contribution in [3.05, 3.63) is 65.7 Å². The van der Waals surface area contributed by atoms with Gasteiger partial charge in [-0.05, 0) is 18.1 Å². The van der Waals surface area contributed by atoms with Crippen LogP contribution in [0.4, 0.5) is 0 Å². The fourth-order valence-corrected chi connectivity index (χ4v) is 4.08. The lowest BCUT2D eigenvalue weighted by Crippen LogP contribution is -2.37. The summed E-state index contributed by atoms with van der Waals surface area (Å²) in [5.74, 6) is 1.65. The number of guanidine groups is 1. The first-order valence-corrected chi connectivity index (χ1v) is 10.7. The minimum absolute atomic E-state index is 0.0780. The van der Waals surface area contributed by atoms with Gasteiger partial charge in [-0.25, -0.2) is 8.42 Å². The first-order valence-electron chi connectivity index (χ1n) is 8.85. The Morgan fingerprint density at radius 2 is 1.74 bits per heavy atom. The summed E-state index contributed by atoms with van der Waals surface area (Å²) < 4.78 is 29.7. The Morgan fingerprint density at radius 3 is 2.44 bits per heavy atom. The van der Waals surface area contributed by atoms with Crippen LogP contribution >= 0.6 is 0 Å². The molecule has 27 heavy (non-hydrogen) atoms. The average molecular weight is 390 g/mol. The molecule has 0 atom stereocenters. The van der Waals surface area contributed by atoms with E-state index in [4.69, 9.17) is 4.74 Å². The quantitative estimate of drug-likeness (QED) is 0.391. The third kappa shape index (κ3) is 7.30. The number of aliphatic imine (C=N–C) groups is 1. The molecular formula is C20H27N3O3S. The molecule has 0 fully saturated rings. The highest BCUT2D eigenvalue weighted by atomic mass is 32.2. The average Bonchev–Trinajstić information content (AvgIpc) is 2.68. The van der Waals surface area contributed by atoms with E-state index in [0.29, 0.717) is 25.5 Å². The van der Waals surface area contributed by atoms with Gasteiger partial charge in [0.25, 0.3) is 0 Å². The number of methoxy groups -OCH3 is 1. The van der Waals surface area contributed by atoms with Crippen LogP contribution in [0.1, 0.15) is 17.5 Å². The fraction of sp³-hybridized carbons (Fsp3) is 0.350. The lowest BCUT2D eigenvalue weighted by atomic mass is 10.2. The van der Waals surface area contributed by atoms with E-state index in [1.54, 1.807) is 14.2 Å². The van der Waals surface area contributed by atoms with Crippen molar-refractivity contribution in [1.29, 1.82) is 0 Å². The van der Waals surface area contributed by atoms with E-state index in [1.807, 2.05) is 54.6 Å². The summed E-state index contributed by atoms with van der Waals surface area (Å²) in [5.41, 5.74) is 1.84. The number of nitrogens with zero attached hydrogens (tertiary/aromatic N) is 1. The van der Waals surface area contributed by atoms with Gasteiger partial charge in [0.15, 0.2) is 15.8 Å². The smallest absolute Gasteiger partial charge is 0.191 e. The first-order chi connectivity index (χ1) is 13.0. The van der Waals surface area contributed by atoms with Crippen molar-refractivity contribution in [3.63, 3.8) is 0 Å². The van der Waals surface area contributed by atoms with E-state index in [1.165, 1.54) is 0 Å². The van der Waals surface area contributed by atoms with Crippen LogP contribution in [0.25, 0.3) is 0 Å². The topological polar surface area (TPSA) is 79.8 Å². The van der Waals surface area contributed by atoms with Crippen LogP contribution in [-0.4, -0.2) is 40.8 Å². The number of hydrogen-bond donors (Lipinski definition) is 2. The van der Waals surface area contributed by atoms with Crippen LogP contribution in [0, 0.1) is 0 Å². The van der Waals surface area contributed by atoms with Crippen molar-refractivity contribution in [1.82, 2.24) is 10.6 Å².